The topological polar surface area (TPSA) is 61.2 Å². The molecule has 1 aromatic carbocycles. The molecule has 4 nitrogen and oxygen atoms in total. The molecule has 0 aromatic heterocycles. The zero-order valence-electron chi connectivity index (χ0n) is 13.1. The average molecular weight is 312 g/mol. The van der Waals surface area contributed by atoms with Crippen LogP contribution in [0.25, 0.3) is 0 Å². The van der Waals surface area contributed by atoms with Crippen molar-refractivity contribution in [1.29, 1.82) is 5.26 Å². The highest BCUT2D eigenvalue weighted by Gasteiger charge is 2.52. The summed E-state index contributed by atoms with van der Waals surface area (Å²) in [6.45, 7) is 4.45. The molecule has 2 aliphatic rings. The predicted octanol–water partition coefficient (Wildman–Crippen LogP) is 2.72. The molecule has 1 aliphatic carbocycles. The first kappa shape index (κ1) is 15.4. The zero-order chi connectivity index (χ0) is 16.8. The van der Waals surface area contributed by atoms with Gasteiger partial charge in [-0.1, -0.05) is 32.1 Å². The van der Waals surface area contributed by atoms with E-state index in [0.717, 1.165) is 0 Å². The van der Waals surface area contributed by atoms with Gasteiger partial charge in [-0.2, -0.15) is 5.26 Å². The molecule has 0 N–H and O–H groups in total. The fourth-order valence-corrected chi connectivity index (χ4v) is 3.70. The Labute approximate surface area is 134 Å². The van der Waals surface area contributed by atoms with Gasteiger partial charge in [0, 0.05) is 23.9 Å². The minimum absolute atomic E-state index is 0.0537. The van der Waals surface area contributed by atoms with E-state index < -0.39 is 11.2 Å². The highest BCUT2D eigenvalue weighted by Crippen LogP contribution is 2.48. The first-order chi connectivity index (χ1) is 10.8. The lowest BCUT2D eigenvalue weighted by molar-refractivity contribution is -0.127. The zero-order valence-corrected chi connectivity index (χ0v) is 13.1. The molecule has 1 aliphatic heterocycles. The van der Waals surface area contributed by atoms with Crippen LogP contribution in [0.5, 0.6) is 0 Å². The summed E-state index contributed by atoms with van der Waals surface area (Å²) in [6.07, 6.45) is 2.29. The van der Waals surface area contributed by atoms with Gasteiger partial charge in [0.2, 0.25) is 0 Å². The summed E-state index contributed by atoms with van der Waals surface area (Å²) >= 11 is 0. The molecule has 5 heteroatoms. The second kappa shape index (κ2) is 5.02. The second-order valence-corrected chi connectivity index (χ2v) is 7.06. The van der Waals surface area contributed by atoms with E-state index >= 15 is 0 Å². The Balaban J connectivity index is 1.82. The molecule has 0 atom stereocenters. The predicted molar refractivity (Wildman–Crippen MR) is 81.8 cm³/mol. The first-order valence-electron chi connectivity index (χ1n) is 7.50. The highest BCUT2D eigenvalue weighted by molar-refractivity contribution is 6.04. The van der Waals surface area contributed by atoms with E-state index in [1.165, 1.54) is 12.1 Å². The second-order valence-electron chi connectivity index (χ2n) is 7.06. The van der Waals surface area contributed by atoms with Gasteiger partial charge in [-0.05, 0) is 18.6 Å². The standard InChI is InChI=1S/C18H17FN2O2/c1-17(2)9-18(7-12(8-20)15(17)22)10-21(11-18)16(23)13-5-3-4-6-14(13)19/h3-7H,9-11H2,1-2H3. The normalized spacial score (nSPS) is 21.4. The third kappa shape index (κ3) is 2.44. The number of carbonyl (C=O) groups is 2. The Morgan fingerprint density at radius 1 is 1.30 bits per heavy atom. The first-order valence-corrected chi connectivity index (χ1v) is 7.50. The number of likely N-dealkylation sites (tertiary alicyclic amines) is 1. The van der Waals surface area contributed by atoms with Crippen LogP contribution in [0.15, 0.2) is 35.9 Å². The lowest BCUT2D eigenvalue weighted by Crippen LogP contribution is -2.61. The molecule has 0 saturated carbocycles. The molecule has 23 heavy (non-hydrogen) atoms. The van der Waals surface area contributed by atoms with Gasteiger partial charge in [-0.3, -0.25) is 9.59 Å². The number of Topliss-reactive ketones (excluding diaryl/α,β-unsaturated/α-hetero) is 1. The van der Waals surface area contributed by atoms with Crippen molar-refractivity contribution < 1.29 is 14.0 Å². The van der Waals surface area contributed by atoms with Crippen LogP contribution in [-0.2, 0) is 4.79 Å². The van der Waals surface area contributed by atoms with Gasteiger partial charge < -0.3 is 4.90 Å². The number of allylic oxidation sites excluding steroid dienone is 1. The Hall–Kier alpha value is -2.48. The largest absolute Gasteiger partial charge is 0.337 e. The number of amides is 1. The third-order valence-electron chi connectivity index (χ3n) is 4.63. The van der Waals surface area contributed by atoms with Gasteiger partial charge in [-0.25, -0.2) is 4.39 Å². The summed E-state index contributed by atoms with van der Waals surface area (Å²) in [5.74, 6) is -1.04. The monoisotopic (exact) mass is 312 g/mol. The van der Waals surface area contributed by atoms with E-state index in [2.05, 4.69) is 0 Å². The molecular weight excluding hydrogens is 295 g/mol. The summed E-state index contributed by atoms with van der Waals surface area (Å²) in [5, 5.41) is 9.17. The van der Waals surface area contributed by atoms with Crippen LogP contribution in [0.2, 0.25) is 0 Å². The minimum atomic E-state index is -0.618. The fourth-order valence-electron chi connectivity index (χ4n) is 3.70. The van der Waals surface area contributed by atoms with E-state index in [1.807, 2.05) is 19.9 Å². The summed E-state index contributed by atoms with van der Waals surface area (Å²) in [6, 6.07) is 7.86. The van der Waals surface area contributed by atoms with Crippen molar-refractivity contribution in [3.05, 3.63) is 47.3 Å². The van der Waals surface area contributed by atoms with Crippen molar-refractivity contribution in [2.75, 3.05) is 13.1 Å². The maximum Gasteiger partial charge on any atom is 0.256 e. The quantitative estimate of drug-likeness (QED) is 0.801. The third-order valence-corrected chi connectivity index (χ3v) is 4.63. The fraction of sp³-hybridized carbons (Fsp3) is 0.389. The molecule has 1 fully saturated rings. The Kier molecular flexibility index (Phi) is 3.36. The molecule has 3 rings (SSSR count). The van der Waals surface area contributed by atoms with Gasteiger partial charge in [0.1, 0.15) is 11.9 Å². The number of halogens is 1. The number of nitriles is 1. The van der Waals surface area contributed by atoms with Gasteiger partial charge in [-0.15, -0.1) is 0 Å². The van der Waals surface area contributed by atoms with E-state index in [9.17, 15) is 14.0 Å². The molecule has 1 spiro atoms. The van der Waals surface area contributed by atoms with E-state index in [1.54, 1.807) is 23.1 Å². The molecule has 1 aromatic rings. The maximum atomic E-state index is 13.7. The lowest BCUT2D eigenvalue weighted by atomic mass is 9.61. The van der Waals surface area contributed by atoms with Crippen molar-refractivity contribution in [2.24, 2.45) is 10.8 Å². The molecule has 0 bridgehead atoms. The van der Waals surface area contributed by atoms with Crippen molar-refractivity contribution in [3.8, 4) is 6.07 Å². The molecule has 1 saturated heterocycles. The summed E-state index contributed by atoms with van der Waals surface area (Å²) in [4.78, 5) is 26.1. The number of hydrogen-bond acceptors (Lipinski definition) is 3. The number of nitrogens with zero attached hydrogens (tertiary/aromatic N) is 2. The van der Waals surface area contributed by atoms with Gasteiger partial charge in [0.25, 0.3) is 5.91 Å². The van der Waals surface area contributed by atoms with Crippen LogP contribution in [0.3, 0.4) is 0 Å². The smallest absolute Gasteiger partial charge is 0.256 e. The van der Waals surface area contributed by atoms with Crippen molar-refractivity contribution in [2.45, 2.75) is 20.3 Å². The highest BCUT2D eigenvalue weighted by atomic mass is 19.1. The van der Waals surface area contributed by atoms with E-state index in [4.69, 9.17) is 5.26 Å². The van der Waals surface area contributed by atoms with E-state index in [0.29, 0.717) is 19.5 Å². The van der Waals surface area contributed by atoms with Gasteiger partial charge >= 0.3 is 0 Å². The summed E-state index contributed by atoms with van der Waals surface area (Å²) in [5.41, 5.74) is -0.756. The molecule has 1 heterocycles. The van der Waals surface area contributed by atoms with Crippen LogP contribution < -0.4 is 0 Å². The van der Waals surface area contributed by atoms with Crippen LogP contribution in [0.4, 0.5) is 4.39 Å². The molecule has 1 amide bonds. The van der Waals surface area contributed by atoms with Gasteiger partial charge in [0.15, 0.2) is 5.78 Å². The van der Waals surface area contributed by atoms with Crippen LogP contribution in [-0.4, -0.2) is 29.7 Å². The summed E-state index contributed by atoms with van der Waals surface area (Å²) < 4.78 is 13.7. The number of hydrogen-bond donors (Lipinski definition) is 0. The Bertz CT molecular complexity index is 767. The summed E-state index contributed by atoms with van der Waals surface area (Å²) in [7, 11) is 0. The van der Waals surface area contributed by atoms with Gasteiger partial charge in [0.05, 0.1) is 11.1 Å². The Morgan fingerprint density at radius 3 is 2.57 bits per heavy atom. The molecular formula is C18H17FN2O2. The van der Waals surface area contributed by atoms with E-state index in [-0.39, 0.29) is 28.2 Å². The number of ketones is 1. The molecule has 0 unspecified atom stereocenters. The number of carbonyl (C=O) groups excluding carboxylic acids is 2. The SMILES string of the molecule is CC1(C)CC2(C=C(C#N)C1=O)CN(C(=O)c1ccccc1F)C2. The maximum absolute atomic E-state index is 13.7. The van der Waals surface area contributed by atoms with Crippen molar-refractivity contribution >= 4 is 11.7 Å². The lowest BCUT2D eigenvalue weighted by Gasteiger charge is -2.53. The minimum Gasteiger partial charge on any atom is -0.337 e. The molecule has 0 radical (unpaired) electrons. The van der Waals surface area contributed by atoms with Crippen molar-refractivity contribution in [3.63, 3.8) is 0 Å². The van der Waals surface area contributed by atoms with Crippen LogP contribution in [0.1, 0.15) is 30.6 Å². The molecule has 118 valence electrons. The van der Waals surface area contributed by atoms with Crippen molar-refractivity contribution in [1.82, 2.24) is 4.90 Å². The number of benzene rings is 1. The van der Waals surface area contributed by atoms with Crippen LogP contribution in [0, 0.1) is 28.0 Å². The number of rotatable bonds is 1. The van der Waals surface area contributed by atoms with Crippen LogP contribution >= 0.6 is 0 Å². The Morgan fingerprint density at radius 2 is 1.96 bits per heavy atom. The average Bonchev–Trinajstić information content (AvgIpc) is 2.47.